The Hall–Kier alpha value is -3.66. The van der Waals surface area contributed by atoms with E-state index in [0.717, 1.165) is 5.56 Å². The van der Waals surface area contributed by atoms with Crippen molar-refractivity contribution < 1.29 is 19.1 Å². The fourth-order valence-corrected chi connectivity index (χ4v) is 4.92. The van der Waals surface area contributed by atoms with Crippen molar-refractivity contribution in [1.29, 1.82) is 0 Å². The molecule has 0 bridgehead atoms. The van der Waals surface area contributed by atoms with Gasteiger partial charge < -0.3 is 14.8 Å². The lowest BCUT2D eigenvalue weighted by Crippen LogP contribution is -2.47. The van der Waals surface area contributed by atoms with Gasteiger partial charge in [0.25, 0.3) is 0 Å². The van der Waals surface area contributed by atoms with Crippen LogP contribution in [0, 0.1) is 6.92 Å². The van der Waals surface area contributed by atoms with Crippen LogP contribution in [-0.4, -0.2) is 39.3 Å². The summed E-state index contributed by atoms with van der Waals surface area (Å²) < 4.78 is 10.6. The molecule has 0 fully saturated rings. The number of rotatable bonds is 4. The van der Waals surface area contributed by atoms with E-state index in [9.17, 15) is 9.59 Å². The number of hydrogen-bond donors (Lipinski definition) is 1. The number of anilines is 2. The summed E-state index contributed by atoms with van der Waals surface area (Å²) in [5.74, 6) is 0.209. The number of thioether (sulfide) groups is 1. The molecule has 2 unspecified atom stereocenters. The molecular formula is C21H17N5O4S. The van der Waals surface area contributed by atoms with Gasteiger partial charge in [-0.2, -0.15) is 4.98 Å². The van der Waals surface area contributed by atoms with E-state index in [0.29, 0.717) is 27.8 Å². The molecule has 9 nitrogen and oxygen atoms in total. The maximum Gasteiger partial charge on any atom is 0.327 e. The highest BCUT2D eigenvalue weighted by Crippen LogP contribution is 2.50. The van der Waals surface area contributed by atoms with E-state index in [2.05, 4.69) is 20.3 Å². The highest BCUT2D eigenvalue weighted by molar-refractivity contribution is 8.01. The molecule has 2 aliphatic heterocycles. The van der Waals surface area contributed by atoms with Crippen molar-refractivity contribution in [2.75, 3.05) is 12.0 Å². The van der Waals surface area contributed by atoms with Crippen molar-refractivity contribution in [3.05, 3.63) is 60.0 Å². The summed E-state index contributed by atoms with van der Waals surface area (Å²) in [7, 11) is 1.33. The van der Waals surface area contributed by atoms with E-state index in [1.54, 1.807) is 37.5 Å². The van der Waals surface area contributed by atoms with Crippen LogP contribution in [0.3, 0.4) is 0 Å². The summed E-state index contributed by atoms with van der Waals surface area (Å²) in [6.07, 6.45) is 3.17. The lowest BCUT2D eigenvalue weighted by molar-refractivity contribution is -0.140. The van der Waals surface area contributed by atoms with Crippen LogP contribution in [0.4, 0.5) is 16.2 Å². The van der Waals surface area contributed by atoms with Gasteiger partial charge in [-0.3, -0.25) is 9.69 Å². The van der Waals surface area contributed by atoms with E-state index < -0.39 is 17.3 Å². The van der Waals surface area contributed by atoms with E-state index >= 15 is 0 Å². The molecule has 0 radical (unpaired) electrons. The number of benzene rings is 1. The Morgan fingerprint density at radius 2 is 1.97 bits per heavy atom. The van der Waals surface area contributed by atoms with Gasteiger partial charge in [0.2, 0.25) is 0 Å². The molecule has 0 saturated heterocycles. The van der Waals surface area contributed by atoms with Gasteiger partial charge >= 0.3 is 18.0 Å². The summed E-state index contributed by atoms with van der Waals surface area (Å²) in [5, 5.41) is 3.01. The van der Waals surface area contributed by atoms with E-state index in [4.69, 9.17) is 9.47 Å². The van der Waals surface area contributed by atoms with Crippen LogP contribution < -0.4 is 15.0 Å². The predicted octanol–water partition coefficient (Wildman–Crippen LogP) is 3.52. The Kier molecular flexibility index (Phi) is 4.70. The van der Waals surface area contributed by atoms with Crippen LogP contribution in [0.5, 0.6) is 11.8 Å². The number of esters is 1. The van der Waals surface area contributed by atoms with Crippen molar-refractivity contribution in [1.82, 2.24) is 20.3 Å². The van der Waals surface area contributed by atoms with Gasteiger partial charge in [-0.25, -0.2) is 14.8 Å². The molecule has 31 heavy (non-hydrogen) atoms. The molecule has 5 rings (SSSR count). The minimum atomic E-state index is -0.584. The van der Waals surface area contributed by atoms with Crippen molar-refractivity contribution in [3.8, 4) is 11.8 Å². The average molecular weight is 435 g/mol. The first-order valence-electron chi connectivity index (χ1n) is 9.47. The van der Waals surface area contributed by atoms with Crippen LogP contribution in [0.2, 0.25) is 0 Å². The van der Waals surface area contributed by atoms with Gasteiger partial charge in [0.15, 0.2) is 0 Å². The first-order valence-corrected chi connectivity index (χ1v) is 10.4. The maximum absolute atomic E-state index is 13.1. The SMILES string of the molecule is COC(=O)C1Sc2nccc3c2C1NC(=O)N3c1cnc(Oc2ccccc2)nc1C. The quantitative estimate of drug-likeness (QED) is 0.621. The number of para-hydroxylation sites is 1. The van der Waals surface area contributed by atoms with Gasteiger partial charge in [0.1, 0.15) is 16.0 Å². The Morgan fingerprint density at radius 1 is 1.16 bits per heavy atom. The van der Waals surface area contributed by atoms with E-state index in [1.807, 2.05) is 18.2 Å². The topological polar surface area (TPSA) is 107 Å². The minimum absolute atomic E-state index is 0.184. The number of aryl methyl sites for hydroxylation is 1. The number of ether oxygens (including phenoxy) is 2. The molecule has 2 aromatic heterocycles. The zero-order valence-electron chi connectivity index (χ0n) is 16.6. The lowest BCUT2D eigenvalue weighted by Gasteiger charge is -2.34. The fraction of sp³-hybridized carbons (Fsp3) is 0.190. The summed E-state index contributed by atoms with van der Waals surface area (Å²) >= 11 is 1.28. The second-order valence-electron chi connectivity index (χ2n) is 6.91. The second kappa shape index (κ2) is 7.55. The Bertz CT molecular complexity index is 1190. The first kappa shape index (κ1) is 19.3. The standard InChI is InChI=1S/C21H17N5O4S/c1-11-14(10-23-20(24-11)30-12-6-4-3-5-7-12)26-13-8-9-22-18-15(13)16(25-21(26)28)17(31-18)19(27)29-2/h3-10,16-17H,1-2H3,(H,25,28). The average Bonchev–Trinajstić information content (AvgIpc) is 3.14. The summed E-state index contributed by atoms with van der Waals surface area (Å²) in [6.45, 7) is 1.78. The summed E-state index contributed by atoms with van der Waals surface area (Å²) in [5.41, 5.74) is 2.50. The number of nitrogens with one attached hydrogen (secondary N) is 1. The third-order valence-corrected chi connectivity index (χ3v) is 6.33. The van der Waals surface area contributed by atoms with Gasteiger partial charge in [-0.05, 0) is 25.1 Å². The largest absolute Gasteiger partial charge is 0.468 e. The first-order chi connectivity index (χ1) is 15.1. The normalized spacial score (nSPS) is 18.9. The molecule has 0 saturated carbocycles. The minimum Gasteiger partial charge on any atom is -0.468 e. The number of nitrogens with zero attached hydrogens (tertiary/aromatic N) is 4. The number of carbonyl (C=O) groups is 2. The number of amides is 2. The third-order valence-electron chi connectivity index (χ3n) is 5.06. The molecule has 2 amide bonds. The Labute approximate surface area is 181 Å². The maximum atomic E-state index is 13.1. The molecule has 4 heterocycles. The number of hydrogen-bond acceptors (Lipinski definition) is 8. The van der Waals surface area contributed by atoms with E-state index in [1.165, 1.54) is 23.8 Å². The second-order valence-corrected chi connectivity index (χ2v) is 8.04. The molecule has 1 N–H and O–H groups in total. The van der Waals surface area contributed by atoms with Gasteiger partial charge in [0.05, 0.1) is 36.4 Å². The van der Waals surface area contributed by atoms with Gasteiger partial charge in [0, 0.05) is 11.8 Å². The zero-order valence-corrected chi connectivity index (χ0v) is 17.4. The van der Waals surface area contributed by atoms with Crippen molar-refractivity contribution in [2.24, 2.45) is 0 Å². The Balaban J connectivity index is 1.51. The molecule has 0 aliphatic carbocycles. The monoisotopic (exact) mass is 435 g/mol. The molecule has 1 aromatic carbocycles. The van der Waals surface area contributed by atoms with Crippen LogP contribution >= 0.6 is 11.8 Å². The van der Waals surface area contributed by atoms with Gasteiger partial charge in [-0.1, -0.05) is 30.0 Å². The number of pyridine rings is 1. The van der Waals surface area contributed by atoms with Crippen molar-refractivity contribution in [3.63, 3.8) is 0 Å². The van der Waals surface area contributed by atoms with Crippen LogP contribution in [0.25, 0.3) is 0 Å². The van der Waals surface area contributed by atoms with Crippen molar-refractivity contribution >= 4 is 35.1 Å². The molecule has 2 aliphatic rings. The summed E-state index contributed by atoms with van der Waals surface area (Å²) in [6, 6.07) is 10.3. The summed E-state index contributed by atoms with van der Waals surface area (Å²) in [4.78, 5) is 39.9. The van der Waals surface area contributed by atoms with Crippen LogP contribution in [0.15, 0.2) is 53.8 Å². The predicted molar refractivity (Wildman–Crippen MR) is 113 cm³/mol. The highest BCUT2D eigenvalue weighted by Gasteiger charge is 2.47. The van der Waals surface area contributed by atoms with Crippen LogP contribution in [-0.2, 0) is 9.53 Å². The highest BCUT2D eigenvalue weighted by atomic mass is 32.2. The number of aromatic nitrogens is 3. The van der Waals surface area contributed by atoms with E-state index in [-0.39, 0.29) is 12.0 Å². The molecule has 0 spiro atoms. The fourth-order valence-electron chi connectivity index (χ4n) is 3.66. The Morgan fingerprint density at radius 3 is 2.71 bits per heavy atom. The number of carbonyl (C=O) groups excluding carboxylic acids is 2. The molecule has 156 valence electrons. The van der Waals surface area contributed by atoms with Gasteiger partial charge in [-0.15, -0.1) is 0 Å². The van der Waals surface area contributed by atoms with Crippen LogP contribution in [0.1, 0.15) is 17.3 Å². The molecular weight excluding hydrogens is 418 g/mol. The molecule has 3 aromatic rings. The number of methoxy groups -OCH3 is 1. The third kappa shape index (κ3) is 3.25. The smallest absolute Gasteiger partial charge is 0.327 e. The molecule has 2 atom stereocenters. The van der Waals surface area contributed by atoms with Crippen molar-refractivity contribution in [2.45, 2.75) is 23.2 Å². The zero-order chi connectivity index (χ0) is 21.5. The number of urea groups is 1. The lowest BCUT2D eigenvalue weighted by atomic mass is 10.0. The molecule has 10 heteroatoms.